The summed E-state index contributed by atoms with van der Waals surface area (Å²) in [4.78, 5) is 25.8. The second-order valence-corrected chi connectivity index (χ2v) is 8.26. The lowest BCUT2D eigenvalue weighted by atomic mass is 9.77. The van der Waals surface area contributed by atoms with E-state index in [1.54, 1.807) is 30.3 Å². The van der Waals surface area contributed by atoms with Gasteiger partial charge in [-0.05, 0) is 48.9 Å². The highest BCUT2D eigenvalue weighted by Crippen LogP contribution is 2.57. The number of hydrogen-bond donors (Lipinski definition) is 3. The number of phenolic OH excluding ortho intramolecular Hbond substituents is 2. The van der Waals surface area contributed by atoms with Crippen LogP contribution in [0.3, 0.4) is 0 Å². The van der Waals surface area contributed by atoms with Gasteiger partial charge in [0.25, 0.3) is 5.91 Å². The van der Waals surface area contributed by atoms with Crippen LogP contribution in [-0.4, -0.2) is 28.6 Å². The van der Waals surface area contributed by atoms with Crippen LogP contribution < -0.4 is 10.1 Å². The molecule has 33 heavy (non-hydrogen) atoms. The van der Waals surface area contributed by atoms with Crippen LogP contribution in [0.15, 0.2) is 54.6 Å². The van der Waals surface area contributed by atoms with Crippen molar-refractivity contribution in [2.24, 2.45) is 0 Å². The summed E-state index contributed by atoms with van der Waals surface area (Å²) in [5.74, 6) is -0.201. The molecule has 0 saturated carbocycles. The monoisotopic (exact) mass is 445 g/mol. The number of fused-ring (bicyclic) bond motifs is 6. The number of carbonyl (C=O) groups is 2. The molecule has 5 rings (SSSR count). The Labute approximate surface area is 190 Å². The Kier molecular flexibility index (Phi) is 4.96. The number of esters is 1. The van der Waals surface area contributed by atoms with Crippen molar-refractivity contribution in [1.82, 2.24) is 5.32 Å². The Morgan fingerprint density at radius 3 is 2.21 bits per heavy atom. The topological polar surface area (TPSA) is 105 Å². The van der Waals surface area contributed by atoms with Crippen LogP contribution in [0.4, 0.5) is 0 Å². The van der Waals surface area contributed by atoms with Crippen LogP contribution >= 0.6 is 0 Å². The minimum atomic E-state index is -1.38. The van der Waals surface area contributed by atoms with E-state index < -0.39 is 11.6 Å². The fourth-order valence-electron chi connectivity index (χ4n) is 4.52. The Hall–Kier alpha value is -4.00. The number of benzene rings is 3. The van der Waals surface area contributed by atoms with Crippen LogP contribution in [0.25, 0.3) is 0 Å². The zero-order valence-corrected chi connectivity index (χ0v) is 18.1. The van der Waals surface area contributed by atoms with Crippen molar-refractivity contribution in [3.63, 3.8) is 0 Å². The first kappa shape index (κ1) is 20.9. The third-order valence-corrected chi connectivity index (χ3v) is 6.10. The number of nitrogens with one attached hydrogen (secondary N) is 1. The average molecular weight is 445 g/mol. The molecule has 2 aliphatic heterocycles. The van der Waals surface area contributed by atoms with Crippen molar-refractivity contribution in [1.29, 1.82) is 0 Å². The summed E-state index contributed by atoms with van der Waals surface area (Å²) in [6, 6.07) is 14.0. The molecule has 0 aromatic heterocycles. The second-order valence-electron chi connectivity index (χ2n) is 8.26. The van der Waals surface area contributed by atoms with Gasteiger partial charge in [0.05, 0.1) is 5.56 Å². The first-order valence-electron chi connectivity index (χ1n) is 10.9. The average Bonchev–Trinajstić information content (AvgIpc) is 3.08. The third kappa shape index (κ3) is 3.28. The highest BCUT2D eigenvalue weighted by atomic mass is 16.6. The smallest absolute Gasteiger partial charge is 0.340 e. The van der Waals surface area contributed by atoms with Gasteiger partial charge in [-0.15, -0.1) is 0 Å². The van der Waals surface area contributed by atoms with Gasteiger partial charge in [-0.1, -0.05) is 19.8 Å². The number of unbranched alkanes of at least 4 members (excludes halogenated alkanes) is 2. The predicted molar refractivity (Wildman–Crippen MR) is 120 cm³/mol. The van der Waals surface area contributed by atoms with Crippen molar-refractivity contribution in [3.05, 3.63) is 82.4 Å². The molecule has 0 atom stereocenters. The minimum absolute atomic E-state index is 0.0164. The highest BCUT2D eigenvalue weighted by Gasteiger charge is 2.53. The number of phenols is 2. The summed E-state index contributed by atoms with van der Waals surface area (Å²) in [7, 11) is 0. The van der Waals surface area contributed by atoms with Gasteiger partial charge >= 0.3 is 5.97 Å². The number of aromatic hydroxyl groups is 2. The van der Waals surface area contributed by atoms with E-state index in [0.717, 1.165) is 19.3 Å². The molecular formula is C26H23NO6. The molecule has 2 heterocycles. The Morgan fingerprint density at radius 1 is 0.909 bits per heavy atom. The molecule has 3 aromatic carbocycles. The predicted octanol–water partition coefficient (Wildman–Crippen LogP) is 4.59. The molecule has 2 aliphatic rings. The molecule has 3 aromatic rings. The Morgan fingerprint density at radius 2 is 1.58 bits per heavy atom. The second kappa shape index (κ2) is 7.85. The van der Waals surface area contributed by atoms with E-state index in [-0.39, 0.29) is 17.4 Å². The molecule has 168 valence electrons. The van der Waals surface area contributed by atoms with Gasteiger partial charge in [0.2, 0.25) is 0 Å². The van der Waals surface area contributed by atoms with Crippen LogP contribution in [0.1, 0.15) is 63.6 Å². The van der Waals surface area contributed by atoms with Crippen LogP contribution in [0, 0.1) is 0 Å². The number of carbonyl (C=O) groups excluding carboxylic acids is 2. The molecule has 1 spiro atoms. The van der Waals surface area contributed by atoms with E-state index >= 15 is 0 Å². The quantitative estimate of drug-likeness (QED) is 0.392. The van der Waals surface area contributed by atoms with Gasteiger partial charge in [0.1, 0.15) is 23.0 Å². The summed E-state index contributed by atoms with van der Waals surface area (Å²) in [6.45, 7) is 2.67. The Bertz CT molecular complexity index is 1230. The summed E-state index contributed by atoms with van der Waals surface area (Å²) < 4.78 is 12.0. The number of rotatable bonds is 5. The largest absolute Gasteiger partial charge is 0.508 e. The molecular weight excluding hydrogens is 422 g/mol. The summed E-state index contributed by atoms with van der Waals surface area (Å²) in [6.07, 6.45) is 2.98. The van der Waals surface area contributed by atoms with E-state index in [9.17, 15) is 19.8 Å². The van der Waals surface area contributed by atoms with Crippen LogP contribution in [0.2, 0.25) is 0 Å². The Balaban J connectivity index is 1.67. The summed E-state index contributed by atoms with van der Waals surface area (Å²) >= 11 is 0. The fraction of sp³-hybridized carbons (Fsp3) is 0.231. The van der Waals surface area contributed by atoms with Crippen molar-refractivity contribution >= 4 is 11.9 Å². The van der Waals surface area contributed by atoms with E-state index in [1.165, 1.54) is 24.3 Å². The highest BCUT2D eigenvalue weighted by molar-refractivity contribution is 6.00. The van der Waals surface area contributed by atoms with Crippen molar-refractivity contribution in [3.8, 4) is 23.0 Å². The molecule has 0 bridgehead atoms. The molecule has 0 radical (unpaired) electrons. The lowest BCUT2D eigenvalue weighted by Crippen LogP contribution is -2.33. The standard InChI is InChI=1S/C26H23NO6/c1-2-3-4-11-27-24(30)15-5-8-18-21(12-15)26(33-25(18)31)19-9-6-16(28)13-22(19)32-23-14-17(29)7-10-20(23)26/h5-10,12-14,28-29H,2-4,11H2,1H3,(H,27,30). The lowest BCUT2D eigenvalue weighted by Gasteiger charge is -2.36. The molecule has 0 fully saturated rings. The maximum Gasteiger partial charge on any atom is 0.340 e. The number of amides is 1. The third-order valence-electron chi connectivity index (χ3n) is 6.10. The van der Waals surface area contributed by atoms with Gasteiger partial charge in [0, 0.05) is 40.9 Å². The van der Waals surface area contributed by atoms with E-state index in [2.05, 4.69) is 12.2 Å². The SMILES string of the molecule is CCCCCNC(=O)c1ccc2c(c1)C1(OC2=O)c2ccc(O)cc2Oc2cc(O)ccc21. The first-order valence-corrected chi connectivity index (χ1v) is 10.9. The van der Waals surface area contributed by atoms with Crippen molar-refractivity contribution < 1.29 is 29.3 Å². The van der Waals surface area contributed by atoms with E-state index in [0.29, 0.717) is 45.9 Å². The minimum Gasteiger partial charge on any atom is -0.508 e. The zero-order valence-electron chi connectivity index (χ0n) is 18.1. The van der Waals surface area contributed by atoms with Crippen molar-refractivity contribution in [2.75, 3.05) is 6.54 Å². The maximum absolute atomic E-state index is 13.0. The van der Waals surface area contributed by atoms with E-state index in [4.69, 9.17) is 9.47 Å². The van der Waals surface area contributed by atoms with Gasteiger partial charge in [-0.3, -0.25) is 4.79 Å². The van der Waals surface area contributed by atoms with Gasteiger partial charge in [0.15, 0.2) is 5.60 Å². The van der Waals surface area contributed by atoms with E-state index in [1.807, 2.05) is 0 Å². The maximum atomic E-state index is 13.0. The zero-order chi connectivity index (χ0) is 23.2. The molecule has 1 amide bonds. The van der Waals surface area contributed by atoms with Crippen LogP contribution in [-0.2, 0) is 10.3 Å². The van der Waals surface area contributed by atoms with Crippen LogP contribution in [0.5, 0.6) is 23.0 Å². The summed E-state index contributed by atoms with van der Waals surface area (Å²) in [5, 5.41) is 23.0. The molecule has 0 unspecified atom stereocenters. The van der Waals surface area contributed by atoms with Gasteiger partial charge in [-0.25, -0.2) is 4.79 Å². The van der Waals surface area contributed by atoms with Crippen molar-refractivity contribution in [2.45, 2.75) is 31.8 Å². The number of hydrogen-bond acceptors (Lipinski definition) is 6. The normalized spacial score (nSPS) is 14.6. The molecule has 7 heteroatoms. The lowest BCUT2D eigenvalue weighted by molar-refractivity contribution is 0.0224. The summed E-state index contributed by atoms with van der Waals surface area (Å²) in [5.41, 5.74) is 0.926. The number of ether oxygens (including phenoxy) is 2. The van der Waals surface area contributed by atoms with Gasteiger partial charge < -0.3 is 25.0 Å². The molecule has 0 saturated heterocycles. The fourth-order valence-corrected chi connectivity index (χ4v) is 4.52. The molecule has 7 nitrogen and oxygen atoms in total. The molecule has 0 aliphatic carbocycles. The first-order chi connectivity index (χ1) is 15.9. The molecule has 3 N–H and O–H groups in total. The van der Waals surface area contributed by atoms with Gasteiger partial charge in [-0.2, -0.15) is 0 Å².